The lowest BCUT2D eigenvalue weighted by Crippen LogP contribution is -2.28. The first-order valence-corrected chi connectivity index (χ1v) is 8.97. The van der Waals surface area contributed by atoms with Gasteiger partial charge in [0.05, 0.1) is 28.6 Å². The number of hydrogen-bond acceptors (Lipinski definition) is 5. The van der Waals surface area contributed by atoms with E-state index in [4.69, 9.17) is 9.26 Å². The van der Waals surface area contributed by atoms with E-state index in [2.05, 4.69) is 15.6 Å². The van der Waals surface area contributed by atoms with Gasteiger partial charge in [-0.3, -0.25) is 9.48 Å². The zero-order chi connectivity index (χ0) is 19.4. The van der Waals surface area contributed by atoms with E-state index in [1.807, 2.05) is 50.6 Å². The fourth-order valence-corrected chi connectivity index (χ4v) is 2.96. The second-order valence-corrected chi connectivity index (χ2v) is 6.35. The summed E-state index contributed by atoms with van der Waals surface area (Å²) in [6.07, 6.45) is 1.74. The van der Waals surface area contributed by atoms with Crippen molar-refractivity contribution in [1.82, 2.24) is 20.3 Å². The zero-order valence-electron chi connectivity index (χ0n) is 16.0. The molecule has 142 valence electrons. The number of benzene rings is 1. The third kappa shape index (κ3) is 4.02. The Hall–Kier alpha value is -3.09. The van der Waals surface area contributed by atoms with Crippen LogP contribution in [0.2, 0.25) is 0 Å². The van der Waals surface area contributed by atoms with Gasteiger partial charge in [-0.25, -0.2) is 0 Å². The summed E-state index contributed by atoms with van der Waals surface area (Å²) in [5.41, 5.74) is 3.12. The molecule has 0 saturated heterocycles. The maximum Gasteiger partial charge on any atom is 0.255 e. The van der Waals surface area contributed by atoms with Crippen molar-refractivity contribution in [3.63, 3.8) is 0 Å². The second kappa shape index (κ2) is 8.07. The number of carbonyl (C=O) groups excluding carboxylic acids is 1. The molecule has 27 heavy (non-hydrogen) atoms. The van der Waals surface area contributed by atoms with Gasteiger partial charge in [0.15, 0.2) is 0 Å². The van der Waals surface area contributed by atoms with E-state index in [0.717, 1.165) is 29.3 Å². The van der Waals surface area contributed by atoms with Gasteiger partial charge in [0.1, 0.15) is 18.1 Å². The zero-order valence-corrected chi connectivity index (χ0v) is 16.0. The predicted molar refractivity (Wildman–Crippen MR) is 101 cm³/mol. The Labute approximate surface area is 158 Å². The van der Waals surface area contributed by atoms with Gasteiger partial charge < -0.3 is 14.6 Å². The predicted octanol–water partition coefficient (Wildman–Crippen LogP) is 3.58. The number of nitrogens with one attached hydrogen (secondary N) is 1. The number of ether oxygens (including phenoxy) is 1. The number of amides is 1. The SMILES string of the molecule is CCn1nccc1C(C)NC(=O)c1ccccc1OCc1c(C)noc1C. The van der Waals surface area contributed by atoms with Crippen molar-refractivity contribution in [3.8, 4) is 5.75 Å². The van der Waals surface area contributed by atoms with Crippen molar-refractivity contribution in [1.29, 1.82) is 0 Å². The lowest BCUT2D eigenvalue weighted by atomic mass is 10.1. The molecular formula is C20H24N4O3. The highest BCUT2D eigenvalue weighted by molar-refractivity contribution is 5.97. The molecule has 0 aliphatic carbocycles. The van der Waals surface area contributed by atoms with Gasteiger partial charge in [-0.1, -0.05) is 17.3 Å². The molecule has 0 bridgehead atoms. The highest BCUT2D eigenvalue weighted by Gasteiger charge is 2.18. The monoisotopic (exact) mass is 368 g/mol. The lowest BCUT2D eigenvalue weighted by Gasteiger charge is -2.17. The molecule has 0 spiro atoms. The van der Waals surface area contributed by atoms with Crippen LogP contribution < -0.4 is 10.1 Å². The molecule has 3 aromatic rings. The molecule has 3 rings (SSSR count). The molecule has 0 saturated carbocycles. The molecule has 7 heteroatoms. The van der Waals surface area contributed by atoms with Crippen LogP contribution in [-0.2, 0) is 13.2 Å². The van der Waals surface area contributed by atoms with Crippen molar-refractivity contribution in [3.05, 3.63) is 64.8 Å². The maximum atomic E-state index is 12.8. The molecule has 2 heterocycles. The third-order valence-corrected chi connectivity index (χ3v) is 4.53. The van der Waals surface area contributed by atoms with Gasteiger partial charge >= 0.3 is 0 Å². The van der Waals surface area contributed by atoms with Crippen molar-refractivity contribution in [2.24, 2.45) is 0 Å². The average molecular weight is 368 g/mol. The van der Waals surface area contributed by atoms with E-state index in [1.54, 1.807) is 18.3 Å². The van der Waals surface area contributed by atoms with E-state index in [1.165, 1.54) is 0 Å². The fourth-order valence-electron chi connectivity index (χ4n) is 2.96. The van der Waals surface area contributed by atoms with Crippen LogP contribution in [0.1, 0.15) is 53.0 Å². The summed E-state index contributed by atoms with van der Waals surface area (Å²) in [5, 5.41) is 11.2. The van der Waals surface area contributed by atoms with Crippen molar-refractivity contribution >= 4 is 5.91 Å². The van der Waals surface area contributed by atoms with Gasteiger partial charge in [0.25, 0.3) is 5.91 Å². The first kappa shape index (κ1) is 18.7. The first-order chi connectivity index (χ1) is 13.0. The van der Waals surface area contributed by atoms with Crippen LogP contribution in [-0.4, -0.2) is 20.8 Å². The van der Waals surface area contributed by atoms with Gasteiger partial charge in [0, 0.05) is 12.7 Å². The van der Waals surface area contributed by atoms with Crippen molar-refractivity contribution in [2.75, 3.05) is 0 Å². The van der Waals surface area contributed by atoms with Crippen molar-refractivity contribution < 1.29 is 14.1 Å². The van der Waals surface area contributed by atoms with Crippen LogP contribution in [0.15, 0.2) is 41.1 Å². The highest BCUT2D eigenvalue weighted by atomic mass is 16.5. The van der Waals surface area contributed by atoms with E-state index in [-0.39, 0.29) is 11.9 Å². The molecule has 0 aliphatic heterocycles. The standard InChI is InChI=1S/C20H24N4O3/c1-5-24-18(10-11-21-24)14(3)22-20(25)16-8-6-7-9-19(16)26-12-17-13(2)23-27-15(17)4/h6-11,14H,5,12H2,1-4H3,(H,22,25). The summed E-state index contributed by atoms with van der Waals surface area (Å²) in [6.45, 7) is 8.71. The second-order valence-electron chi connectivity index (χ2n) is 6.35. The van der Waals surface area contributed by atoms with Crippen LogP contribution in [0, 0.1) is 13.8 Å². The first-order valence-electron chi connectivity index (χ1n) is 8.97. The van der Waals surface area contributed by atoms with Crippen LogP contribution >= 0.6 is 0 Å². The fraction of sp³-hybridized carbons (Fsp3) is 0.350. The topological polar surface area (TPSA) is 82.2 Å². The number of aromatic nitrogens is 3. The largest absolute Gasteiger partial charge is 0.488 e. The van der Waals surface area contributed by atoms with Gasteiger partial charge in [-0.05, 0) is 45.9 Å². The molecule has 0 fully saturated rings. The molecule has 1 amide bonds. The summed E-state index contributed by atoms with van der Waals surface area (Å²) in [5.74, 6) is 1.04. The van der Waals surface area contributed by atoms with E-state index in [9.17, 15) is 4.79 Å². The minimum absolute atomic E-state index is 0.171. The van der Waals surface area contributed by atoms with Gasteiger partial charge in [0.2, 0.25) is 0 Å². The summed E-state index contributed by atoms with van der Waals surface area (Å²) in [4.78, 5) is 12.8. The Bertz CT molecular complexity index is 909. The Morgan fingerprint density at radius 3 is 2.78 bits per heavy atom. The molecular weight excluding hydrogens is 344 g/mol. The van der Waals surface area contributed by atoms with Crippen molar-refractivity contribution in [2.45, 2.75) is 46.9 Å². The number of rotatable bonds is 7. The van der Waals surface area contributed by atoms with E-state index >= 15 is 0 Å². The van der Waals surface area contributed by atoms with Crippen LogP contribution in [0.3, 0.4) is 0 Å². The summed E-state index contributed by atoms with van der Waals surface area (Å²) in [7, 11) is 0. The molecule has 1 N–H and O–H groups in total. The Morgan fingerprint density at radius 2 is 2.07 bits per heavy atom. The number of nitrogens with zero attached hydrogens (tertiary/aromatic N) is 3. The molecule has 0 aliphatic rings. The summed E-state index contributed by atoms with van der Waals surface area (Å²) < 4.78 is 12.9. The van der Waals surface area contributed by atoms with Crippen LogP contribution in [0.5, 0.6) is 5.75 Å². The normalized spacial score (nSPS) is 12.0. The smallest absolute Gasteiger partial charge is 0.255 e. The number of carbonyl (C=O) groups is 1. The van der Waals surface area contributed by atoms with Crippen LogP contribution in [0.4, 0.5) is 0 Å². The quantitative estimate of drug-likeness (QED) is 0.689. The minimum atomic E-state index is -0.194. The summed E-state index contributed by atoms with van der Waals surface area (Å²) >= 11 is 0. The van der Waals surface area contributed by atoms with E-state index in [0.29, 0.717) is 17.9 Å². The minimum Gasteiger partial charge on any atom is -0.488 e. The third-order valence-electron chi connectivity index (χ3n) is 4.53. The molecule has 7 nitrogen and oxygen atoms in total. The number of para-hydroxylation sites is 1. The summed E-state index contributed by atoms with van der Waals surface area (Å²) in [6, 6.07) is 8.94. The Morgan fingerprint density at radius 1 is 1.30 bits per heavy atom. The number of hydrogen-bond donors (Lipinski definition) is 1. The van der Waals surface area contributed by atoms with Crippen LogP contribution in [0.25, 0.3) is 0 Å². The average Bonchev–Trinajstić information content (AvgIpc) is 3.27. The molecule has 1 atom stereocenters. The Balaban J connectivity index is 1.74. The van der Waals surface area contributed by atoms with Gasteiger partial charge in [-0.2, -0.15) is 5.10 Å². The van der Waals surface area contributed by atoms with Gasteiger partial charge in [-0.15, -0.1) is 0 Å². The highest BCUT2D eigenvalue weighted by Crippen LogP contribution is 2.22. The maximum absolute atomic E-state index is 12.8. The lowest BCUT2D eigenvalue weighted by molar-refractivity contribution is 0.0933. The molecule has 1 aromatic carbocycles. The number of aryl methyl sites for hydroxylation is 3. The Kier molecular flexibility index (Phi) is 5.59. The van der Waals surface area contributed by atoms with E-state index < -0.39 is 0 Å². The molecule has 0 radical (unpaired) electrons. The molecule has 1 unspecified atom stereocenters. The molecule has 2 aromatic heterocycles.